The summed E-state index contributed by atoms with van der Waals surface area (Å²) in [5.74, 6) is -0.777. The molecule has 72 valence electrons. The molecule has 2 rings (SSSR count). The fraction of sp³-hybridized carbons (Fsp3) is 0.111. The first-order valence-corrected chi connectivity index (χ1v) is 4.02. The van der Waals surface area contributed by atoms with Crippen molar-refractivity contribution in [3.05, 3.63) is 24.5 Å². The van der Waals surface area contributed by atoms with Gasteiger partial charge in [0.15, 0.2) is 0 Å². The van der Waals surface area contributed by atoms with E-state index in [4.69, 9.17) is 4.74 Å². The number of aromatic amines is 1. The molecule has 2 aromatic heterocycles. The fourth-order valence-corrected chi connectivity index (χ4v) is 1.19. The Morgan fingerprint density at radius 2 is 2.40 bits per heavy atom. The maximum Gasteiger partial charge on any atom is 1.00 e. The zero-order chi connectivity index (χ0) is 9.97. The average molecular weight is 230 g/mol. The number of carbonyl (C=O) groups is 1. The molecule has 2 heterocycles. The molecule has 0 radical (unpaired) electrons. The molecule has 0 amide bonds. The first-order valence-electron chi connectivity index (χ1n) is 4.02. The smallest absolute Gasteiger partial charge is 0.546 e. The van der Waals surface area contributed by atoms with Crippen LogP contribution in [0.3, 0.4) is 0 Å². The third kappa shape index (κ3) is 3.02. The Morgan fingerprint density at radius 1 is 1.60 bits per heavy atom. The van der Waals surface area contributed by atoms with Gasteiger partial charge < -0.3 is 19.6 Å². The Kier molecular flexibility index (Phi) is 4.74. The second-order valence-corrected chi connectivity index (χ2v) is 2.71. The number of hydrogen-bond donors (Lipinski definition) is 1. The maximum atomic E-state index is 10.2. The molecule has 0 fully saturated rings. The van der Waals surface area contributed by atoms with Gasteiger partial charge >= 0.3 is 51.4 Å². The molecule has 0 aliphatic carbocycles. The molecule has 0 aliphatic rings. The number of aromatic nitrogens is 2. The largest absolute Gasteiger partial charge is 1.00 e. The molecular weight excluding hydrogens is 223 g/mol. The van der Waals surface area contributed by atoms with E-state index in [-0.39, 0.29) is 51.4 Å². The van der Waals surface area contributed by atoms with Crippen LogP contribution in [0.15, 0.2) is 24.5 Å². The topological polar surface area (TPSA) is 78.0 Å². The van der Waals surface area contributed by atoms with Crippen LogP contribution in [0.2, 0.25) is 0 Å². The van der Waals surface area contributed by atoms with E-state index in [1.807, 2.05) is 0 Å². The minimum atomic E-state index is -1.25. The van der Waals surface area contributed by atoms with Gasteiger partial charge in [-0.25, -0.2) is 4.98 Å². The van der Waals surface area contributed by atoms with Gasteiger partial charge in [0.1, 0.15) is 18.0 Å². The van der Waals surface area contributed by atoms with E-state index in [1.54, 1.807) is 24.5 Å². The summed E-state index contributed by atoms with van der Waals surface area (Å²) in [6, 6.07) is 3.55. The first-order chi connectivity index (χ1) is 6.77. The molecule has 0 saturated carbocycles. The van der Waals surface area contributed by atoms with Crippen molar-refractivity contribution >= 4 is 17.0 Å². The van der Waals surface area contributed by atoms with Crippen molar-refractivity contribution in [3.8, 4) is 5.75 Å². The molecule has 15 heavy (non-hydrogen) atoms. The first kappa shape index (κ1) is 12.7. The number of aliphatic carboxylic acids is 1. The van der Waals surface area contributed by atoms with Crippen molar-refractivity contribution < 1.29 is 66.0 Å². The number of carboxylic acid groups (broad SMARTS) is 1. The van der Waals surface area contributed by atoms with Crippen molar-refractivity contribution in [1.82, 2.24) is 9.97 Å². The van der Waals surface area contributed by atoms with E-state index in [1.165, 1.54) is 0 Å². The number of hydrogen-bond acceptors (Lipinski definition) is 4. The Morgan fingerprint density at radius 3 is 3.13 bits per heavy atom. The van der Waals surface area contributed by atoms with Crippen molar-refractivity contribution in [2.24, 2.45) is 0 Å². The van der Waals surface area contributed by atoms with Gasteiger partial charge in [-0.2, -0.15) is 0 Å². The summed E-state index contributed by atoms with van der Waals surface area (Å²) in [7, 11) is 0. The summed E-state index contributed by atoms with van der Waals surface area (Å²) < 4.78 is 4.99. The summed E-state index contributed by atoms with van der Waals surface area (Å²) in [6.07, 6.45) is 3.21. The Bertz CT molecular complexity index is 469. The van der Waals surface area contributed by atoms with Crippen LogP contribution in [0.5, 0.6) is 5.75 Å². The van der Waals surface area contributed by atoms with E-state index in [0.717, 1.165) is 5.39 Å². The van der Waals surface area contributed by atoms with Crippen LogP contribution in [0.4, 0.5) is 0 Å². The number of carbonyl (C=O) groups excluding carboxylic acids is 1. The van der Waals surface area contributed by atoms with Crippen molar-refractivity contribution in [3.63, 3.8) is 0 Å². The quantitative estimate of drug-likeness (QED) is 0.560. The normalized spacial score (nSPS) is 9.60. The number of H-pyrrole nitrogens is 1. The molecule has 0 aliphatic heterocycles. The number of rotatable bonds is 3. The van der Waals surface area contributed by atoms with E-state index in [2.05, 4.69) is 9.97 Å². The molecule has 0 aromatic carbocycles. The molecular formula is C9H7KN2O3. The van der Waals surface area contributed by atoms with Gasteiger partial charge in [0, 0.05) is 12.4 Å². The number of nitrogens with one attached hydrogen (secondary N) is 1. The SMILES string of the molecule is O=C([O-])COc1c[nH]c2ncccc12.[K+]. The summed E-state index contributed by atoms with van der Waals surface area (Å²) in [4.78, 5) is 17.1. The third-order valence-electron chi connectivity index (χ3n) is 1.76. The van der Waals surface area contributed by atoms with E-state index < -0.39 is 12.6 Å². The molecule has 0 unspecified atom stereocenters. The predicted octanol–water partition coefficient (Wildman–Crippen LogP) is -3.30. The zero-order valence-electron chi connectivity index (χ0n) is 8.19. The van der Waals surface area contributed by atoms with Gasteiger partial charge in [0.25, 0.3) is 0 Å². The van der Waals surface area contributed by atoms with Gasteiger partial charge in [0.05, 0.1) is 11.4 Å². The van der Waals surface area contributed by atoms with Crippen LogP contribution in [-0.2, 0) is 4.79 Å². The average Bonchev–Trinajstić information content (AvgIpc) is 2.58. The molecule has 1 N–H and O–H groups in total. The van der Waals surface area contributed by atoms with Crippen molar-refractivity contribution in [2.75, 3.05) is 6.61 Å². The second-order valence-electron chi connectivity index (χ2n) is 2.71. The number of ether oxygens (including phenoxy) is 1. The Balaban J connectivity index is 0.00000112. The minimum absolute atomic E-state index is 0. The number of pyridine rings is 1. The molecule has 5 nitrogen and oxygen atoms in total. The third-order valence-corrected chi connectivity index (χ3v) is 1.76. The zero-order valence-corrected chi connectivity index (χ0v) is 11.3. The van der Waals surface area contributed by atoms with Gasteiger partial charge in [-0.3, -0.25) is 0 Å². The Labute approximate surface area is 128 Å². The van der Waals surface area contributed by atoms with Crippen LogP contribution in [0, 0.1) is 0 Å². The number of fused-ring (bicyclic) bond motifs is 1. The molecule has 2 aromatic rings. The summed E-state index contributed by atoms with van der Waals surface area (Å²) in [6.45, 7) is -0.457. The molecule has 0 atom stereocenters. The second kappa shape index (κ2) is 5.62. The van der Waals surface area contributed by atoms with Crippen LogP contribution in [0.25, 0.3) is 11.0 Å². The number of nitrogens with zero attached hydrogens (tertiary/aromatic N) is 1. The molecule has 0 bridgehead atoms. The Hall–Kier alpha value is -0.404. The van der Waals surface area contributed by atoms with Gasteiger partial charge in [0.2, 0.25) is 0 Å². The summed E-state index contributed by atoms with van der Waals surface area (Å²) in [5.41, 5.74) is 0.667. The fourth-order valence-electron chi connectivity index (χ4n) is 1.19. The molecule has 0 spiro atoms. The van der Waals surface area contributed by atoms with Crippen molar-refractivity contribution in [1.29, 1.82) is 0 Å². The monoisotopic (exact) mass is 230 g/mol. The van der Waals surface area contributed by atoms with E-state index >= 15 is 0 Å². The predicted molar refractivity (Wildman–Crippen MR) is 46.6 cm³/mol. The number of carboxylic acids is 1. The standard InChI is InChI=1S/C9H8N2O3.K/c12-8(13)5-14-7-4-11-9-6(7)2-1-3-10-9;/h1-4H,5H2,(H,10,11)(H,12,13);/q;+1/p-1. The van der Waals surface area contributed by atoms with Gasteiger partial charge in [-0.15, -0.1) is 0 Å². The van der Waals surface area contributed by atoms with Gasteiger partial charge in [-0.1, -0.05) is 0 Å². The molecule has 0 saturated heterocycles. The molecule has 6 heteroatoms. The summed E-state index contributed by atoms with van der Waals surface area (Å²) >= 11 is 0. The van der Waals surface area contributed by atoms with Crippen LogP contribution >= 0.6 is 0 Å². The minimum Gasteiger partial charge on any atom is -0.546 e. The van der Waals surface area contributed by atoms with Crippen LogP contribution < -0.4 is 61.2 Å². The van der Waals surface area contributed by atoms with E-state index in [0.29, 0.717) is 11.4 Å². The van der Waals surface area contributed by atoms with E-state index in [9.17, 15) is 9.90 Å². The maximum absolute atomic E-state index is 10.2. The van der Waals surface area contributed by atoms with Gasteiger partial charge in [-0.05, 0) is 12.1 Å². The van der Waals surface area contributed by atoms with Crippen LogP contribution in [-0.4, -0.2) is 22.5 Å². The summed E-state index contributed by atoms with van der Waals surface area (Å²) in [5, 5.41) is 10.9. The van der Waals surface area contributed by atoms with Crippen molar-refractivity contribution in [2.45, 2.75) is 0 Å². The van der Waals surface area contributed by atoms with Crippen LogP contribution in [0.1, 0.15) is 0 Å².